The van der Waals surface area contributed by atoms with E-state index in [1.165, 1.54) is 0 Å². The Kier molecular flexibility index (Phi) is 3.19. The van der Waals surface area contributed by atoms with Gasteiger partial charge in [-0.15, -0.1) is 0 Å². The van der Waals surface area contributed by atoms with Crippen LogP contribution in [0, 0.1) is 6.92 Å². The quantitative estimate of drug-likeness (QED) is 0.814. The summed E-state index contributed by atoms with van der Waals surface area (Å²) in [5.74, 6) is 1.06. The first-order valence-electron chi connectivity index (χ1n) is 5.08. The van der Waals surface area contributed by atoms with Crippen LogP contribution in [0.5, 0.6) is 0 Å². The van der Waals surface area contributed by atoms with Crippen molar-refractivity contribution in [3.05, 3.63) is 29.3 Å². The molecule has 0 aliphatic heterocycles. The van der Waals surface area contributed by atoms with E-state index in [0.717, 1.165) is 11.3 Å². The minimum atomic E-state index is 0.180. The largest absolute Gasteiger partial charge is 0.347 e. The first-order valence-corrected chi connectivity index (χ1v) is 5.46. The lowest BCUT2D eigenvalue weighted by molar-refractivity contribution is 0.960. The summed E-state index contributed by atoms with van der Waals surface area (Å²) in [7, 11) is 3.70. The van der Waals surface area contributed by atoms with Crippen molar-refractivity contribution in [2.75, 3.05) is 19.0 Å². The van der Waals surface area contributed by atoms with Gasteiger partial charge in [-0.2, -0.15) is 15.0 Å². The highest BCUT2D eigenvalue weighted by Crippen LogP contribution is 2.18. The maximum Gasteiger partial charge on any atom is 0.229 e. The second-order valence-electron chi connectivity index (χ2n) is 3.81. The molecule has 0 N–H and O–H groups in total. The van der Waals surface area contributed by atoms with Gasteiger partial charge in [0.05, 0.1) is 0 Å². The van der Waals surface area contributed by atoms with E-state index in [1.54, 1.807) is 11.1 Å². The average molecular weight is 250 g/mol. The van der Waals surface area contributed by atoms with Gasteiger partial charge in [0.2, 0.25) is 11.2 Å². The number of aryl methyl sites for hydroxylation is 1. The Hall–Kier alpha value is -1.75. The molecule has 2 heterocycles. The van der Waals surface area contributed by atoms with Gasteiger partial charge in [0.25, 0.3) is 0 Å². The second-order valence-corrected chi connectivity index (χ2v) is 4.15. The SMILES string of the molecule is Cc1ccc(-c2nc(Cl)nc(N(C)C)n2)cn1. The van der Waals surface area contributed by atoms with E-state index in [-0.39, 0.29) is 5.28 Å². The van der Waals surface area contributed by atoms with Gasteiger partial charge < -0.3 is 4.90 Å². The van der Waals surface area contributed by atoms with Crippen LogP contribution in [0.1, 0.15) is 5.69 Å². The van der Waals surface area contributed by atoms with Gasteiger partial charge in [-0.25, -0.2) is 0 Å². The van der Waals surface area contributed by atoms with Crippen molar-refractivity contribution in [1.82, 2.24) is 19.9 Å². The van der Waals surface area contributed by atoms with E-state index >= 15 is 0 Å². The van der Waals surface area contributed by atoms with Crippen LogP contribution in [-0.2, 0) is 0 Å². The van der Waals surface area contributed by atoms with E-state index in [9.17, 15) is 0 Å². The molecule has 0 aliphatic rings. The van der Waals surface area contributed by atoms with E-state index in [1.807, 2.05) is 33.2 Å². The third-order valence-corrected chi connectivity index (χ3v) is 2.33. The summed E-state index contributed by atoms with van der Waals surface area (Å²) in [5.41, 5.74) is 1.77. The van der Waals surface area contributed by atoms with Gasteiger partial charge in [-0.3, -0.25) is 4.98 Å². The normalized spacial score (nSPS) is 10.4. The lowest BCUT2D eigenvalue weighted by atomic mass is 10.2. The Morgan fingerprint density at radius 2 is 1.88 bits per heavy atom. The Labute approximate surface area is 105 Å². The third-order valence-electron chi connectivity index (χ3n) is 2.17. The molecule has 2 rings (SSSR count). The molecule has 6 heteroatoms. The van der Waals surface area contributed by atoms with Crippen molar-refractivity contribution in [3.8, 4) is 11.4 Å². The summed E-state index contributed by atoms with van der Waals surface area (Å²) in [6.45, 7) is 1.93. The molecule has 88 valence electrons. The van der Waals surface area contributed by atoms with Gasteiger partial charge in [0.1, 0.15) is 0 Å². The fourth-order valence-electron chi connectivity index (χ4n) is 1.27. The molecule has 0 aromatic carbocycles. The van der Waals surface area contributed by atoms with Crippen LogP contribution in [0.25, 0.3) is 11.4 Å². The van der Waals surface area contributed by atoms with Crippen LogP contribution >= 0.6 is 11.6 Å². The molecular weight excluding hydrogens is 238 g/mol. The monoisotopic (exact) mass is 249 g/mol. The van der Waals surface area contributed by atoms with E-state index in [2.05, 4.69) is 19.9 Å². The van der Waals surface area contributed by atoms with Gasteiger partial charge in [0, 0.05) is 31.5 Å². The highest BCUT2D eigenvalue weighted by molar-refractivity contribution is 6.28. The second kappa shape index (κ2) is 4.63. The van der Waals surface area contributed by atoms with Crippen molar-refractivity contribution in [1.29, 1.82) is 0 Å². The molecule has 17 heavy (non-hydrogen) atoms. The zero-order chi connectivity index (χ0) is 12.4. The Bertz CT molecular complexity index is 524. The Balaban J connectivity index is 2.48. The van der Waals surface area contributed by atoms with Crippen molar-refractivity contribution >= 4 is 17.5 Å². The third kappa shape index (κ3) is 2.68. The lowest BCUT2D eigenvalue weighted by Gasteiger charge is -2.10. The Morgan fingerprint density at radius 3 is 2.47 bits per heavy atom. The van der Waals surface area contributed by atoms with Crippen molar-refractivity contribution in [2.24, 2.45) is 0 Å². The molecule has 0 bridgehead atoms. The van der Waals surface area contributed by atoms with Crippen LogP contribution in [0.4, 0.5) is 5.95 Å². The van der Waals surface area contributed by atoms with Gasteiger partial charge in [-0.1, -0.05) is 0 Å². The number of aromatic nitrogens is 4. The molecule has 0 radical (unpaired) electrons. The van der Waals surface area contributed by atoms with E-state index in [4.69, 9.17) is 11.6 Å². The lowest BCUT2D eigenvalue weighted by Crippen LogP contribution is -2.14. The molecular formula is C11H12ClN5. The summed E-state index contributed by atoms with van der Waals surface area (Å²) in [6.07, 6.45) is 1.72. The fourth-order valence-corrected chi connectivity index (χ4v) is 1.42. The zero-order valence-electron chi connectivity index (χ0n) is 9.85. The topological polar surface area (TPSA) is 54.8 Å². The number of hydrogen-bond donors (Lipinski definition) is 0. The van der Waals surface area contributed by atoms with Crippen molar-refractivity contribution in [2.45, 2.75) is 6.92 Å². The molecule has 0 saturated heterocycles. The summed E-state index contributed by atoms with van der Waals surface area (Å²) >= 11 is 5.87. The van der Waals surface area contributed by atoms with Crippen molar-refractivity contribution < 1.29 is 0 Å². The van der Waals surface area contributed by atoms with Gasteiger partial charge in [-0.05, 0) is 30.7 Å². The predicted molar refractivity (Wildman–Crippen MR) is 67.1 cm³/mol. The highest BCUT2D eigenvalue weighted by atomic mass is 35.5. The van der Waals surface area contributed by atoms with Crippen molar-refractivity contribution in [3.63, 3.8) is 0 Å². The molecule has 0 spiro atoms. The minimum absolute atomic E-state index is 0.180. The maximum absolute atomic E-state index is 5.87. The summed E-state index contributed by atoms with van der Waals surface area (Å²) in [6, 6.07) is 3.82. The summed E-state index contributed by atoms with van der Waals surface area (Å²) < 4.78 is 0. The molecule has 2 aromatic heterocycles. The smallest absolute Gasteiger partial charge is 0.229 e. The van der Waals surface area contributed by atoms with E-state index in [0.29, 0.717) is 11.8 Å². The first-order chi connectivity index (χ1) is 8.06. The average Bonchev–Trinajstić information content (AvgIpc) is 2.29. The predicted octanol–water partition coefficient (Wildman–Crippen LogP) is 1.96. The van der Waals surface area contributed by atoms with Gasteiger partial charge >= 0.3 is 0 Å². The number of halogens is 1. The molecule has 2 aromatic rings. The van der Waals surface area contributed by atoms with Gasteiger partial charge in [0.15, 0.2) is 5.82 Å². The number of pyridine rings is 1. The zero-order valence-corrected chi connectivity index (χ0v) is 10.6. The molecule has 0 aliphatic carbocycles. The van der Waals surface area contributed by atoms with Crippen LogP contribution in [0.2, 0.25) is 5.28 Å². The molecule has 5 nitrogen and oxygen atoms in total. The fraction of sp³-hybridized carbons (Fsp3) is 0.273. The Morgan fingerprint density at radius 1 is 1.12 bits per heavy atom. The highest BCUT2D eigenvalue weighted by Gasteiger charge is 2.08. The number of hydrogen-bond acceptors (Lipinski definition) is 5. The van der Waals surface area contributed by atoms with E-state index < -0.39 is 0 Å². The number of anilines is 1. The molecule has 0 amide bonds. The number of nitrogens with zero attached hydrogens (tertiary/aromatic N) is 5. The summed E-state index contributed by atoms with van der Waals surface area (Å²) in [4.78, 5) is 18.4. The molecule has 0 unspecified atom stereocenters. The molecule has 0 saturated carbocycles. The summed E-state index contributed by atoms with van der Waals surface area (Å²) in [5, 5.41) is 0.180. The maximum atomic E-state index is 5.87. The molecule has 0 fully saturated rings. The van der Waals surface area contributed by atoms with Crippen LogP contribution in [0.15, 0.2) is 18.3 Å². The molecule has 0 atom stereocenters. The first kappa shape index (κ1) is 11.7. The van der Waals surface area contributed by atoms with Crippen LogP contribution < -0.4 is 4.90 Å². The number of rotatable bonds is 2. The minimum Gasteiger partial charge on any atom is -0.347 e. The van der Waals surface area contributed by atoms with Crippen LogP contribution in [0.3, 0.4) is 0 Å². The van der Waals surface area contributed by atoms with Crippen LogP contribution in [-0.4, -0.2) is 34.0 Å². The standard InChI is InChI=1S/C11H12ClN5/c1-7-4-5-8(6-13-7)9-14-10(12)16-11(15-9)17(2)3/h4-6H,1-3H3.